The molecule has 0 aliphatic rings. The summed E-state index contributed by atoms with van der Waals surface area (Å²) >= 11 is 3.28. The smallest absolute Gasteiger partial charge is 0.316 e. The van der Waals surface area contributed by atoms with Crippen molar-refractivity contribution in [2.45, 2.75) is 12.8 Å². The number of carbonyl (C=O) groups excluding carboxylic acids is 3. The highest BCUT2D eigenvalue weighted by atomic mass is 79.9. The lowest BCUT2D eigenvalue weighted by Gasteiger charge is -2.00. The first-order chi connectivity index (χ1) is 8.88. The molecular weight excluding hydrogens is 314 g/mol. The summed E-state index contributed by atoms with van der Waals surface area (Å²) in [6.07, 6.45) is -0.442. The SMILES string of the molecule is NC(N)=NC(=O)C(=O)CC(=O)Cc1cccc(Br)c1. The number of halogens is 1. The van der Waals surface area contributed by atoms with Gasteiger partial charge in [-0.2, -0.15) is 4.99 Å². The Morgan fingerprint density at radius 3 is 2.47 bits per heavy atom. The normalized spacial score (nSPS) is 9.74. The summed E-state index contributed by atoms with van der Waals surface area (Å²) < 4.78 is 0.834. The number of nitrogens with zero attached hydrogens (tertiary/aromatic N) is 1. The van der Waals surface area contributed by atoms with E-state index in [1.54, 1.807) is 18.2 Å². The number of amides is 1. The molecule has 7 heteroatoms. The molecule has 1 rings (SSSR count). The minimum Gasteiger partial charge on any atom is -0.370 e. The number of benzene rings is 1. The van der Waals surface area contributed by atoms with Crippen LogP contribution in [-0.4, -0.2) is 23.4 Å². The molecule has 0 radical (unpaired) electrons. The van der Waals surface area contributed by atoms with Crippen molar-refractivity contribution < 1.29 is 14.4 Å². The van der Waals surface area contributed by atoms with Crippen molar-refractivity contribution in [3.8, 4) is 0 Å². The molecule has 0 aliphatic heterocycles. The fraction of sp³-hybridized carbons (Fsp3) is 0.167. The van der Waals surface area contributed by atoms with Crippen LogP contribution >= 0.6 is 15.9 Å². The van der Waals surface area contributed by atoms with Crippen LogP contribution in [0.15, 0.2) is 33.7 Å². The largest absolute Gasteiger partial charge is 0.370 e. The average molecular weight is 326 g/mol. The summed E-state index contributed by atoms with van der Waals surface area (Å²) in [5, 5.41) is 0. The minimum atomic E-state index is -1.11. The van der Waals surface area contributed by atoms with Crippen molar-refractivity contribution in [3.05, 3.63) is 34.3 Å². The van der Waals surface area contributed by atoms with E-state index in [-0.39, 0.29) is 12.2 Å². The summed E-state index contributed by atoms with van der Waals surface area (Å²) in [6, 6.07) is 7.12. The molecule has 100 valence electrons. The Labute approximate surface area is 118 Å². The van der Waals surface area contributed by atoms with Crippen LogP contribution in [0.25, 0.3) is 0 Å². The van der Waals surface area contributed by atoms with Crippen LogP contribution in [0.2, 0.25) is 0 Å². The second kappa shape index (κ2) is 6.79. The Kier molecular flexibility index (Phi) is 5.37. The number of rotatable bonds is 5. The first-order valence-corrected chi connectivity index (χ1v) is 6.10. The van der Waals surface area contributed by atoms with Crippen LogP contribution in [0.1, 0.15) is 12.0 Å². The molecule has 6 nitrogen and oxygen atoms in total. The molecule has 4 N–H and O–H groups in total. The molecule has 0 heterocycles. The molecule has 1 aromatic rings. The molecule has 1 amide bonds. The fourth-order valence-electron chi connectivity index (χ4n) is 1.37. The van der Waals surface area contributed by atoms with E-state index in [2.05, 4.69) is 20.9 Å². The van der Waals surface area contributed by atoms with Gasteiger partial charge in [0.1, 0.15) is 5.78 Å². The maximum Gasteiger partial charge on any atom is 0.316 e. The van der Waals surface area contributed by atoms with Gasteiger partial charge in [0.05, 0.1) is 6.42 Å². The zero-order chi connectivity index (χ0) is 14.4. The van der Waals surface area contributed by atoms with E-state index < -0.39 is 24.1 Å². The predicted molar refractivity (Wildman–Crippen MR) is 73.3 cm³/mol. The van der Waals surface area contributed by atoms with Crippen LogP contribution < -0.4 is 11.5 Å². The van der Waals surface area contributed by atoms with Gasteiger partial charge in [0.2, 0.25) is 5.78 Å². The second-order valence-electron chi connectivity index (χ2n) is 3.79. The predicted octanol–water partition coefficient (Wildman–Crippen LogP) is 0.320. The quantitative estimate of drug-likeness (QED) is 0.350. The van der Waals surface area contributed by atoms with E-state index in [4.69, 9.17) is 11.5 Å². The molecule has 0 unspecified atom stereocenters. The summed E-state index contributed by atoms with van der Waals surface area (Å²) in [5.74, 6) is -2.91. The number of guanidine groups is 1. The molecular formula is C12H12BrN3O3. The Bertz CT molecular complexity index is 551. The minimum absolute atomic E-state index is 0.0697. The van der Waals surface area contributed by atoms with Gasteiger partial charge >= 0.3 is 5.91 Å². The Balaban J connectivity index is 2.59. The number of nitrogens with two attached hydrogens (primary N) is 2. The molecule has 0 aliphatic carbocycles. The molecule has 0 aromatic heterocycles. The van der Waals surface area contributed by atoms with Gasteiger partial charge in [0, 0.05) is 10.9 Å². The summed E-state index contributed by atoms with van der Waals surface area (Å²) in [7, 11) is 0. The zero-order valence-electron chi connectivity index (χ0n) is 9.93. The van der Waals surface area contributed by atoms with E-state index in [9.17, 15) is 14.4 Å². The standard InChI is InChI=1S/C12H12BrN3O3/c13-8-3-1-2-7(4-8)5-9(17)6-10(18)11(19)16-12(14)15/h1-4H,5-6H2,(H4,14,15,16,19). The lowest BCUT2D eigenvalue weighted by atomic mass is 10.1. The van der Waals surface area contributed by atoms with Gasteiger partial charge in [0.25, 0.3) is 0 Å². The Morgan fingerprint density at radius 2 is 1.89 bits per heavy atom. The van der Waals surface area contributed by atoms with Gasteiger partial charge in [-0.3, -0.25) is 14.4 Å². The summed E-state index contributed by atoms with van der Waals surface area (Å²) in [5.41, 5.74) is 10.7. The highest BCUT2D eigenvalue weighted by Crippen LogP contribution is 2.12. The van der Waals surface area contributed by atoms with E-state index in [1.165, 1.54) is 0 Å². The van der Waals surface area contributed by atoms with Gasteiger partial charge < -0.3 is 11.5 Å². The number of hydrogen-bond acceptors (Lipinski definition) is 3. The topological polar surface area (TPSA) is 116 Å². The highest BCUT2D eigenvalue weighted by Gasteiger charge is 2.17. The van der Waals surface area contributed by atoms with Gasteiger partial charge in [-0.05, 0) is 17.7 Å². The van der Waals surface area contributed by atoms with E-state index in [0.29, 0.717) is 0 Å². The van der Waals surface area contributed by atoms with Crippen molar-refractivity contribution in [1.82, 2.24) is 0 Å². The zero-order valence-corrected chi connectivity index (χ0v) is 11.5. The van der Waals surface area contributed by atoms with E-state index in [1.807, 2.05) is 6.07 Å². The number of hydrogen-bond donors (Lipinski definition) is 2. The van der Waals surface area contributed by atoms with Gasteiger partial charge in [-0.1, -0.05) is 28.1 Å². The molecule has 0 spiro atoms. The Hall–Kier alpha value is -2.02. The molecule has 19 heavy (non-hydrogen) atoms. The van der Waals surface area contributed by atoms with Gasteiger partial charge in [0.15, 0.2) is 5.96 Å². The Morgan fingerprint density at radius 1 is 1.21 bits per heavy atom. The van der Waals surface area contributed by atoms with E-state index >= 15 is 0 Å². The fourth-order valence-corrected chi connectivity index (χ4v) is 1.82. The highest BCUT2D eigenvalue weighted by molar-refractivity contribution is 9.10. The molecule has 0 bridgehead atoms. The molecule has 0 saturated carbocycles. The third-order valence-electron chi connectivity index (χ3n) is 2.12. The number of carbonyl (C=O) groups is 3. The number of ketones is 2. The molecule has 1 aromatic carbocycles. The number of aliphatic imine (C=N–C) groups is 1. The molecule has 0 saturated heterocycles. The van der Waals surface area contributed by atoms with Crippen molar-refractivity contribution in [2.75, 3.05) is 0 Å². The van der Waals surface area contributed by atoms with Crippen LogP contribution in [0.3, 0.4) is 0 Å². The van der Waals surface area contributed by atoms with Crippen molar-refractivity contribution in [2.24, 2.45) is 16.5 Å². The summed E-state index contributed by atoms with van der Waals surface area (Å²) in [4.78, 5) is 37.2. The third-order valence-corrected chi connectivity index (χ3v) is 2.61. The maximum absolute atomic E-state index is 11.6. The van der Waals surface area contributed by atoms with Crippen molar-refractivity contribution in [3.63, 3.8) is 0 Å². The lowest BCUT2D eigenvalue weighted by Crippen LogP contribution is -2.27. The first kappa shape index (κ1) is 15.0. The van der Waals surface area contributed by atoms with Crippen LogP contribution in [0, 0.1) is 0 Å². The summed E-state index contributed by atoms with van der Waals surface area (Å²) in [6.45, 7) is 0. The van der Waals surface area contributed by atoms with Crippen molar-refractivity contribution >= 4 is 39.4 Å². The molecule has 0 fully saturated rings. The second-order valence-corrected chi connectivity index (χ2v) is 4.70. The average Bonchev–Trinajstić information content (AvgIpc) is 2.27. The number of Topliss-reactive ketones (excluding diaryl/α,β-unsaturated/α-hetero) is 2. The van der Waals surface area contributed by atoms with Gasteiger partial charge in [-0.15, -0.1) is 0 Å². The van der Waals surface area contributed by atoms with E-state index in [0.717, 1.165) is 10.0 Å². The maximum atomic E-state index is 11.6. The van der Waals surface area contributed by atoms with Gasteiger partial charge in [-0.25, -0.2) is 0 Å². The third kappa shape index (κ3) is 5.43. The van der Waals surface area contributed by atoms with Crippen molar-refractivity contribution in [1.29, 1.82) is 0 Å². The lowest BCUT2D eigenvalue weighted by molar-refractivity contribution is -0.138. The first-order valence-electron chi connectivity index (χ1n) is 5.31. The van der Waals surface area contributed by atoms with Crippen LogP contribution in [0.4, 0.5) is 0 Å². The monoisotopic (exact) mass is 325 g/mol. The van der Waals surface area contributed by atoms with Crippen LogP contribution in [0.5, 0.6) is 0 Å². The van der Waals surface area contributed by atoms with Crippen LogP contribution in [-0.2, 0) is 20.8 Å². The molecule has 0 atom stereocenters.